The molecule has 0 aromatic carbocycles. The van der Waals surface area contributed by atoms with Crippen LogP contribution in [0.2, 0.25) is 0 Å². The van der Waals surface area contributed by atoms with E-state index in [2.05, 4.69) is 211 Å². The van der Waals surface area contributed by atoms with Gasteiger partial charge in [0.15, 0.2) is 0 Å². The summed E-state index contributed by atoms with van der Waals surface area (Å²) < 4.78 is 0. The van der Waals surface area contributed by atoms with E-state index in [9.17, 15) is 0 Å². The summed E-state index contributed by atoms with van der Waals surface area (Å²) in [5, 5.41) is 0. The number of hydrogen-bond donors (Lipinski definition) is 0. The molecule has 0 fully saturated rings. The van der Waals surface area contributed by atoms with Crippen molar-refractivity contribution in [3.63, 3.8) is 0 Å². The Morgan fingerprint density at radius 3 is 0.639 bits per heavy atom. The third-order valence-corrected chi connectivity index (χ3v) is 11.8. The molecule has 0 aromatic rings. The normalized spacial score (nSPS) is 16.2. The molecule has 0 spiro atoms. The van der Waals surface area contributed by atoms with E-state index >= 15 is 0 Å². The number of hydrogen-bond acceptors (Lipinski definition) is 0. The van der Waals surface area contributed by atoms with Gasteiger partial charge in [0.25, 0.3) is 0 Å². The van der Waals surface area contributed by atoms with E-state index in [1.54, 1.807) is 0 Å². The van der Waals surface area contributed by atoms with Crippen molar-refractivity contribution in [2.24, 2.45) is 0 Å². The largest absolute Gasteiger partial charge is 4.00 e. The van der Waals surface area contributed by atoms with Crippen LogP contribution in [-0.2, 0) is 105 Å². The molecule has 0 N–H and O–H groups in total. The first-order chi connectivity index (χ1) is 28.0. The smallest absolute Gasteiger partial charge is 1.00 e. The molecule has 0 amide bonds. The first kappa shape index (κ1) is 102. The van der Waals surface area contributed by atoms with E-state index in [0.717, 1.165) is 51.4 Å². The minimum absolute atomic E-state index is 0. The Hall–Kier alpha value is 1.69. The van der Waals surface area contributed by atoms with Crippen molar-refractivity contribution >= 4 is 0 Å². The van der Waals surface area contributed by atoms with Crippen LogP contribution in [0.4, 0.5) is 0 Å². The van der Waals surface area contributed by atoms with E-state index in [0.29, 0.717) is 0 Å². The van der Waals surface area contributed by atoms with Crippen LogP contribution in [0.5, 0.6) is 0 Å². The minimum atomic E-state index is 0. The number of allylic oxidation sites excluding steroid dienone is 32. The van der Waals surface area contributed by atoms with Gasteiger partial charge in [-0.05, 0) is 0 Å². The van der Waals surface area contributed by atoms with Crippen LogP contribution in [0.25, 0.3) is 0 Å². The van der Waals surface area contributed by atoms with Gasteiger partial charge < -0.3 is 99.3 Å². The molecule has 0 atom stereocenters. The molecule has 72 heavy (non-hydrogen) atoms. The molecule has 0 nitrogen and oxygen atoms in total. The molecule has 8 aliphatic rings. The predicted molar refractivity (Wildman–Crippen MR) is 265 cm³/mol. The molecule has 12 heteroatoms. The van der Waals surface area contributed by atoms with Crippen LogP contribution in [-0.4, -0.2) is 0 Å². The zero-order valence-electron chi connectivity index (χ0n) is 47.0. The van der Waals surface area contributed by atoms with Crippen LogP contribution >= 0.6 is 0 Å². The van der Waals surface area contributed by atoms with Crippen molar-refractivity contribution in [1.82, 2.24) is 0 Å². The Balaban J connectivity index is -0.0000000558. The molecule has 0 aliphatic heterocycles. The molecule has 0 saturated carbocycles. The third kappa shape index (κ3) is 44.5. The summed E-state index contributed by atoms with van der Waals surface area (Å²) in [4.78, 5) is 0. The summed E-state index contributed by atoms with van der Waals surface area (Å²) in [7, 11) is 0. The number of rotatable bonds is 0. The first-order valence-corrected chi connectivity index (χ1v) is 22.0. The maximum atomic E-state index is 3.26. The molecule has 8 rings (SSSR count). The zero-order valence-corrected chi connectivity index (χ0v) is 62.9. The summed E-state index contributed by atoms with van der Waals surface area (Å²) in [5.41, 5.74) is 27.7. The number of halogens is 8. The summed E-state index contributed by atoms with van der Waals surface area (Å²) >= 11 is 0. The monoisotopic (exact) mass is 1440 g/mol. The van der Waals surface area contributed by atoms with Crippen LogP contribution in [0, 0.1) is 48.6 Å². The second-order valence-corrected chi connectivity index (χ2v) is 17.7. The maximum Gasteiger partial charge on any atom is 4.00 e. The van der Waals surface area contributed by atoms with Crippen LogP contribution < -0.4 is 99.3 Å². The topological polar surface area (TPSA) is 0 Å². The van der Waals surface area contributed by atoms with Gasteiger partial charge in [0, 0.05) is 0 Å². The molecule has 0 heterocycles. The first-order valence-electron chi connectivity index (χ1n) is 22.0. The van der Waals surface area contributed by atoms with E-state index in [-0.39, 0.29) is 204 Å². The average Bonchev–Trinajstić information content (AvgIpc) is 4.10. The van der Waals surface area contributed by atoms with Crippen molar-refractivity contribution < 1.29 is 204 Å². The zero-order chi connectivity index (χ0) is 45.7. The Labute approximate surface area is 570 Å². The maximum absolute atomic E-state index is 3.26. The van der Waals surface area contributed by atoms with Gasteiger partial charge in [0.2, 0.25) is 0 Å². The van der Waals surface area contributed by atoms with Gasteiger partial charge in [-0.25, -0.2) is 91.2 Å². The predicted octanol–water partition coefficient (Wildman–Crippen LogP) is -5.73. The molecule has 8 aliphatic carbocycles. The van der Waals surface area contributed by atoms with E-state index < -0.39 is 0 Å². The van der Waals surface area contributed by atoms with Crippen molar-refractivity contribution in [3.8, 4) is 0 Å². The van der Waals surface area contributed by atoms with Gasteiger partial charge in [-0.1, -0.05) is 135 Å². The quantitative estimate of drug-likeness (QED) is 0.213. The van der Waals surface area contributed by atoms with E-state index in [1.165, 1.54) is 111 Å². The van der Waals surface area contributed by atoms with Gasteiger partial charge in [0.1, 0.15) is 0 Å². The minimum Gasteiger partial charge on any atom is -1.00 e. The SMILES string of the molecule is CC1=C(C)CC=[C-]1.CC1=C(C)CC=[C-]1.CC1=[C-]C(C)=C(C)C1.CC1=[C-]C(C)=C(C)C1.CC1=[C-]C(C)=CC1.CC1=[C-]C(C)=CC1.CC1=[C-]CC(C)=C1C.CC1=[C-]CC(C)=C1C.[Cl-].[Cl-].[Cl-].[Cl-].[Cl-].[Cl-].[Cl-].[Cl-].[Zr+4].[Zr+4].[Zr+4].[Zr+4]. The van der Waals surface area contributed by atoms with Gasteiger partial charge >= 0.3 is 105 Å². The fourth-order valence-electron chi connectivity index (χ4n) is 6.46. The second-order valence-electron chi connectivity index (χ2n) is 17.7. The third-order valence-electron chi connectivity index (χ3n) is 11.8. The van der Waals surface area contributed by atoms with Crippen LogP contribution in [0.1, 0.15) is 190 Å². The standard InChI is InChI=1S/4C8H11.4C7H9.8ClH.4Zr/c2*1-6-4-7(2)8(3)5-6;2*1-6-4-5-7(2)8(6)3;2*1-6-3-4-7(2)5-6;2*1-6-4-3-5-7(6)2;;;;;;;;;;;;/h4*4H2,1-3H3;4*3H,4H2,1-2H3;8*1H;;;;/q8*-1;;;;;;;;;4*+4/p-8. The summed E-state index contributed by atoms with van der Waals surface area (Å²) in [6.45, 7) is 42.5. The van der Waals surface area contributed by atoms with Crippen molar-refractivity contribution in [2.75, 3.05) is 0 Å². The van der Waals surface area contributed by atoms with Gasteiger partial charge in [-0.3, -0.25) is 36.5 Å². The fourth-order valence-corrected chi connectivity index (χ4v) is 6.46. The van der Waals surface area contributed by atoms with Crippen LogP contribution in [0.15, 0.2) is 136 Å². The molecule has 0 bridgehead atoms. The van der Waals surface area contributed by atoms with E-state index in [4.69, 9.17) is 0 Å². The molecular formula is C60H80Cl8Zr4. The molecule has 0 saturated heterocycles. The second kappa shape index (κ2) is 56.0. The Kier molecular flexibility index (Phi) is 79.6. The van der Waals surface area contributed by atoms with Crippen LogP contribution in [0.3, 0.4) is 0 Å². The van der Waals surface area contributed by atoms with Gasteiger partial charge in [-0.15, -0.1) is 54.4 Å². The molecule has 0 radical (unpaired) electrons. The molecule has 0 aromatic heterocycles. The van der Waals surface area contributed by atoms with Crippen molar-refractivity contribution in [2.45, 2.75) is 190 Å². The molecule has 392 valence electrons. The fraction of sp³-hybridized carbons (Fsp3) is 0.467. The van der Waals surface area contributed by atoms with Gasteiger partial charge in [0.05, 0.1) is 0 Å². The summed E-state index contributed by atoms with van der Waals surface area (Å²) in [6, 6.07) is 0. The van der Waals surface area contributed by atoms with Crippen molar-refractivity contribution in [3.05, 3.63) is 184 Å². The average molecular weight is 1450 g/mol. The Bertz CT molecular complexity index is 1930. The Morgan fingerprint density at radius 1 is 0.306 bits per heavy atom. The molecule has 0 unspecified atom stereocenters. The summed E-state index contributed by atoms with van der Waals surface area (Å²) in [6.07, 6.45) is 43.1. The van der Waals surface area contributed by atoms with E-state index in [1.807, 2.05) is 0 Å². The van der Waals surface area contributed by atoms with Gasteiger partial charge in [-0.2, -0.15) is 56.7 Å². The molecular weight excluding hydrogens is 1370 g/mol. The Morgan fingerprint density at radius 2 is 0.583 bits per heavy atom. The summed E-state index contributed by atoms with van der Waals surface area (Å²) in [5.74, 6) is 0. The van der Waals surface area contributed by atoms with Crippen molar-refractivity contribution in [1.29, 1.82) is 0 Å².